The van der Waals surface area contributed by atoms with E-state index in [9.17, 15) is 4.79 Å². The molecule has 8 heteroatoms. The third-order valence-corrected chi connectivity index (χ3v) is 5.61. The number of hydrogen-bond donors (Lipinski definition) is 2. The number of thiocarbonyl (C=S) groups is 1. The second kappa shape index (κ2) is 10.7. The number of hydrazone groups is 1. The van der Waals surface area contributed by atoms with Gasteiger partial charge < -0.3 is 10.1 Å². The Morgan fingerprint density at radius 2 is 1.97 bits per heavy atom. The minimum absolute atomic E-state index is 0.302. The fourth-order valence-electron chi connectivity index (χ4n) is 3.12. The summed E-state index contributed by atoms with van der Waals surface area (Å²) in [5, 5.41) is 8.30. The lowest BCUT2D eigenvalue weighted by molar-refractivity contribution is 0.0734. The molecule has 1 saturated carbocycles. The van der Waals surface area contributed by atoms with Crippen LogP contribution in [0, 0.1) is 0 Å². The summed E-state index contributed by atoms with van der Waals surface area (Å²) in [5.41, 5.74) is 3.75. The van der Waals surface area contributed by atoms with Gasteiger partial charge in [0.05, 0.1) is 16.8 Å². The number of carbonyl (C=O) groups excluding carboxylic acids is 1. The minimum Gasteiger partial charge on any atom is -0.422 e. The molecule has 5 nitrogen and oxygen atoms in total. The third-order valence-electron chi connectivity index (χ3n) is 4.58. The predicted molar refractivity (Wildman–Crippen MR) is 124 cm³/mol. The minimum atomic E-state index is -0.532. The first-order valence-electron chi connectivity index (χ1n) is 9.39. The van der Waals surface area contributed by atoms with Crippen LogP contribution in [0.4, 0.5) is 0 Å². The number of ether oxygens (including phenoxy) is 1. The molecule has 0 unspecified atom stereocenters. The average Bonchev–Trinajstić information content (AvgIpc) is 2.71. The monoisotopic (exact) mass is 493 g/mol. The number of nitrogens with one attached hydrogen (secondary N) is 2. The van der Waals surface area contributed by atoms with Crippen LogP contribution in [0.3, 0.4) is 0 Å². The van der Waals surface area contributed by atoms with Gasteiger partial charge in [-0.1, -0.05) is 58.9 Å². The fourth-order valence-corrected chi connectivity index (χ4v) is 3.93. The maximum absolute atomic E-state index is 12.5. The van der Waals surface area contributed by atoms with Crippen molar-refractivity contribution in [2.24, 2.45) is 5.10 Å². The van der Waals surface area contributed by atoms with Gasteiger partial charge in [0.25, 0.3) is 0 Å². The molecule has 0 amide bonds. The van der Waals surface area contributed by atoms with Gasteiger partial charge in [0, 0.05) is 16.1 Å². The van der Waals surface area contributed by atoms with Crippen molar-refractivity contribution < 1.29 is 9.53 Å². The molecule has 1 aliphatic rings. The van der Waals surface area contributed by atoms with Gasteiger partial charge in [-0.05, 0) is 55.4 Å². The van der Waals surface area contributed by atoms with Crippen molar-refractivity contribution in [2.45, 2.75) is 38.1 Å². The molecule has 1 aliphatic carbocycles. The summed E-state index contributed by atoms with van der Waals surface area (Å²) in [5.74, 6) is -0.162. The Morgan fingerprint density at radius 1 is 1.21 bits per heavy atom. The van der Waals surface area contributed by atoms with Gasteiger partial charge >= 0.3 is 5.97 Å². The van der Waals surface area contributed by atoms with E-state index in [2.05, 4.69) is 31.8 Å². The van der Waals surface area contributed by atoms with E-state index in [1.54, 1.807) is 48.7 Å². The van der Waals surface area contributed by atoms with Crippen molar-refractivity contribution in [1.82, 2.24) is 10.7 Å². The zero-order valence-electron chi connectivity index (χ0n) is 15.7. The standard InChI is InChI=1S/C21H21BrClN3O2S/c22-15-10-11-19(28-20(27)17-8-4-5-9-18(17)23)14(12-15)13-24-26-21(29)25-16-6-2-1-3-7-16/h4-5,8-13,16H,1-3,6-7H2,(H2,25,26,29). The second-order valence-electron chi connectivity index (χ2n) is 6.73. The lowest BCUT2D eigenvalue weighted by Gasteiger charge is -2.23. The highest BCUT2D eigenvalue weighted by Crippen LogP contribution is 2.24. The first kappa shape index (κ1) is 21.7. The molecular weight excluding hydrogens is 474 g/mol. The van der Waals surface area contributed by atoms with Crippen LogP contribution in [-0.2, 0) is 0 Å². The SMILES string of the molecule is O=C(Oc1ccc(Br)cc1C=NNC(=S)NC1CCCCC1)c1ccccc1Cl. The van der Waals surface area contributed by atoms with Gasteiger partial charge in [0.15, 0.2) is 5.11 Å². The van der Waals surface area contributed by atoms with E-state index < -0.39 is 5.97 Å². The lowest BCUT2D eigenvalue weighted by Crippen LogP contribution is -2.40. The Bertz CT molecular complexity index is 917. The van der Waals surface area contributed by atoms with Crippen LogP contribution in [0.2, 0.25) is 5.02 Å². The summed E-state index contributed by atoms with van der Waals surface area (Å²) in [4.78, 5) is 12.5. The molecule has 0 radical (unpaired) electrons. The van der Waals surface area contributed by atoms with Crippen LogP contribution in [0.5, 0.6) is 5.75 Å². The molecule has 3 rings (SSSR count). The number of esters is 1. The molecule has 0 aromatic heterocycles. The molecule has 0 bridgehead atoms. The highest BCUT2D eigenvalue weighted by molar-refractivity contribution is 9.10. The van der Waals surface area contributed by atoms with Crippen LogP contribution in [-0.4, -0.2) is 23.3 Å². The first-order chi connectivity index (χ1) is 14.0. The largest absolute Gasteiger partial charge is 0.422 e. The zero-order chi connectivity index (χ0) is 20.6. The molecule has 152 valence electrons. The van der Waals surface area contributed by atoms with Crippen molar-refractivity contribution in [1.29, 1.82) is 0 Å². The maximum atomic E-state index is 12.5. The summed E-state index contributed by atoms with van der Waals surface area (Å²) < 4.78 is 6.37. The van der Waals surface area contributed by atoms with Gasteiger partial charge in [-0.3, -0.25) is 5.43 Å². The average molecular weight is 495 g/mol. The van der Waals surface area contributed by atoms with Crippen molar-refractivity contribution in [3.8, 4) is 5.75 Å². The van der Waals surface area contributed by atoms with Crippen LogP contribution in [0.1, 0.15) is 48.0 Å². The number of benzene rings is 2. The van der Waals surface area contributed by atoms with Gasteiger partial charge in [0.2, 0.25) is 0 Å². The molecule has 2 N–H and O–H groups in total. The van der Waals surface area contributed by atoms with Crippen molar-refractivity contribution in [3.05, 3.63) is 63.1 Å². The quantitative estimate of drug-likeness (QED) is 0.190. The van der Waals surface area contributed by atoms with Gasteiger partial charge in [-0.15, -0.1) is 0 Å². The van der Waals surface area contributed by atoms with Crippen LogP contribution >= 0.6 is 39.7 Å². The Morgan fingerprint density at radius 3 is 2.72 bits per heavy atom. The molecule has 2 aromatic rings. The van der Waals surface area contributed by atoms with Crippen molar-refractivity contribution in [2.75, 3.05) is 0 Å². The lowest BCUT2D eigenvalue weighted by atomic mass is 9.96. The van der Waals surface area contributed by atoms with Crippen LogP contribution < -0.4 is 15.5 Å². The fraction of sp³-hybridized carbons (Fsp3) is 0.286. The van der Waals surface area contributed by atoms with E-state index in [4.69, 9.17) is 28.6 Å². The molecule has 0 heterocycles. The highest BCUT2D eigenvalue weighted by Gasteiger charge is 2.15. The predicted octanol–water partition coefficient (Wildman–Crippen LogP) is 5.45. The Labute approximate surface area is 189 Å². The number of nitrogens with zero attached hydrogens (tertiary/aromatic N) is 1. The van der Waals surface area contributed by atoms with Gasteiger partial charge in [0.1, 0.15) is 5.75 Å². The first-order valence-corrected chi connectivity index (χ1v) is 11.0. The zero-order valence-corrected chi connectivity index (χ0v) is 18.8. The van der Waals surface area contributed by atoms with E-state index in [1.807, 2.05) is 0 Å². The van der Waals surface area contributed by atoms with E-state index >= 15 is 0 Å². The molecule has 29 heavy (non-hydrogen) atoms. The Hall–Kier alpha value is -1.96. The van der Waals surface area contributed by atoms with E-state index in [1.165, 1.54) is 19.3 Å². The summed E-state index contributed by atoms with van der Waals surface area (Å²) in [7, 11) is 0. The van der Waals surface area contributed by atoms with E-state index in [0.717, 1.165) is 17.3 Å². The third kappa shape index (κ3) is 6.52. The van der Waals surface area contributed by atoms with Gasteiger partial charge in [-0.2, -0.15) is 5.10 Å². The molecule has 1 fully saturated rings. The molecule has 0 spiro atoms. The van der Waals surface area contributed by atoms with Crippen molar-refractivity contribution in [3.63, 3.8) is 0 Å². The number of hydrogen-bond acceptors (Lipinski definition) is 4. The summed E-state index contributed by atoms with van der Waals surface area (Å²) in [6.45, 7) is 0. The normalized spacial score (nSPS) is 14.6. The summed E-state index contributed by atoms with van der Waals surface area (Å²) >= 11 is 14.8. The Balaban J connectivity index is 1.65. The highest BCUT2D eigenvalue weighted by atomic mass is 79.9. The Kier molecular flexibility index (Phi) is 8.03. The maximum Gasteiger partial charge on any atom is 0.345 e. The molecule has 0 saturated heterocycles. The van der Waals surface area contributed by atoms with Crippen LogP contribution in [0.15, 0.2) is 52.0 Å². The smallest absolute Gasteiger partial charge is 0.345 e. The van der Waals surface area contributed by atoms with Crippen molar-refractivity contribution >= 4 is 57.0 Å². The topological polar surface area (TPSA) is 62.7 Å². The van der Waals surface area contributed by atoms with E-state index in [-0.39, 0.29) is 0 Å². The molecular formula is C21H21BrClN3O2S. The van der Waals surface area contributed by atoms with Crippen LogP contribution in [0.25, 0.3) is 0 Å². The second-order valence-corrected chi connectivity index (χ2v) is 8.46. The number of rotatable bonds is 5. The molecule has 0 aliphatic heterocycles. The number of carbonyl (C=O) groups is 1. The molecule has 2 aromatic carbocycles. The summed E-state index contributed by atoms with van der Waals surface area (Å²) in [6, 6.07) is 12.4. The number of halogens is 2. The van der Waals surface area contributed by atoms with Gasteiger partial charge in [-0.25, -0.2) is 4.79 Å². The summed E-state index contributed by atoms with van der Waals surface area (Å²) in [6.07, 6.45) is 7.55. The van der Waals surface area contributed by atoms with E-state index in [0.29, 0.717) is 33.1 Å². The molecule has 0 atom stereocenters.